The summed E-state index contributed by atoms with van der Waals surface area (Å²) in [6.07, 6.45) is 4.02. The van der Waals surface area contributed by atoms with Crippen molar-refractivity contribution in [1.29, 1.82) is 0 Å². The number of amides is 2. The Morgan fingerprint density at radius 1 is 1.17 bits per heavy atom. The fourth-order valence-corrected chi connectivity index (χ4v) is 3.67. The second kappa shape index (κ2) is 10.7. The van der Waals surface area contributed by atoms with Gasteiger partial charge in [-0.05, 0) is 24.5 Å². The quantitative estimate of drug-likeness (QED) is 0.579. The number of benzene rings is 1. The molecule has 0 bridgehead atoms. The van der Waals surface area contributed by atoms with E-state index in [1.54, 1.807) is 18.2 Å². The van der Waals surface area contributed by atoms with Gasteiger partial charge in [0.1, 0.15) is 6.10 Å². The average Bonchev–Trinajstić information content (AvgIpc) is 2.74. The van der Waals surface area contributed by atoms with Crippen molar-refractivity contribution in [2.24, 2.45) is 5.92 Å². The van der Waals surface area contributed by atoms with E-state index in [1.807, 2.05) is 18.2 Å². The van der Waals surface area contributed by atoms with Crippen molar-refractivity contribution in [2.75, 3.05) is 19.8 Å². The summed E-state index contributed by atoms with van der Waals surface area (Å²) in [6.45, 7) is 1.26. The number of rotatable bonds is 7. The van der Waals surface area contributed by atoms with Gasteiger partial charge < -0.3 is 25.2 Å². The summed E-state index contributed by atoms with van der Waals surface area (Å²) < 4.78 is 11.1. The lowest BCUT2D eigenvalue weighted by molar-refractivity contribution is -0.132. The van der Waals surface area contributed by atoms with Crippen LogP contribution >= 0.6 is 11.6 Å². The Kier molecular flexibility index (Phi) is 8.06. The maximum Gasteiger partial charge on any atom is 0.223 e. The van der Waals surface area contributed by atoms with E-state index >= 15 is 0 Å². The Morgan fingerprint density at radius 2 is 1.93 bits per heavy atom. The third kappa shape index (κ3) is 6.27. The normalized spacial score (nSPS) is 24.8. The summed E-state index contributed by atoms with van der Waals surface area (Å²) in [6, 6.07) is 6.91. The first-order chi connectivity index (χ1) is 14.1. The molecule has 1 saturated heterocycles. The molecule has 2 aliphatic heterocycles. The number of hydrogen-bond acceptors (Lipinski definition) is 5. The third-order valence-corrected chi connectivity index (χ3v) is 5.55. The van der Waals surface area contributed by atoms with Crippen LogP contribution in [0.3, 0.4) is 0 Å². The summed E-state index contributed by atoms with van der Waals surface area (Å²) in [7, 11) is 0. The summed E-state index contributed by atoms with van der Waals surface area (Å²) in [5.74, 6) is -0.313. The largest absolute Gasteiger partial charge is 0.394 e. The van der Waals surface area contributed by atoms with Crippen LogP contribution in [0.1, 0.15) is 24.8 Å². The molecule has 0 spiro atoms. The number of nitrogens with one attached hydrogen (secondary N) is 2. The van der Waals surface area contributed by atoms with E-state index in [-0.39, 0.29) is 30.8 Å². The van der Waals surface area contributed by atoms with Crippen LogP contribution in [0.4, 0.5) is 0 Å². The molecular formula is C21H27ClN2O5. The molecule has 0 radical (unpaired) electrons. The third-order valence-electron chi connectivity index (χ3n) is 5.18. The summed E-state index contributed by atoms with van der Waals surface area (Å²) >= 11 is 6.09. The molecule has 0 saturated carbocycles. The molecule has 2 heterocycles. The Morgan fingerprint density at radius 3 is 2.66 bits per heavy atom. The van der Waals surface area contributed by atoms with Gasteiger partial charge >= 0.3 is 0 Å². The zero-order valence-corrected chi connectivity index (χ0v) is 16.9. The van der Waals surface area contributed by atoms with Crippen LogP contribution in [0.25, 0.3) is 0 Å². The minimum absolute atomic E-state index is 0.0547. The highest BCUT2D eigenvalue weighted by molar-refractivity contribution is 6.31. The number of ether oxygens (including phenoxy) is 2. The molecule has 3 N–H and O–H groups in total. The second-order valence-electron chi connectivity index (χ2n) is 7.27. The van der Waals surface area contributed by atoms with Crippen LogP contribution in [0.2, 0.25) is 5.02 Å². The number of carbonyl (C=O) groups is 2. The molecule has 2 aliphatic rings. The zero-order chi connectivity index (χ0) is 20.6. The van der Waals surface area contributed by atoms with Crippen LogP contribution in [-0.2, 0) is 25.6 Å². The summed E-state index contributed by atoms with van der Waals surface area (Å²) in [5.41, 5.74) is 0.840. The minimum atomic E-state index is -0.592. The Bertz CT molecular complexity index is 736. The highest BCUT2D eigenvalue weighted by Crippen LogP contribution is 2.19. The van der Waals surface area contributed by atoms with Gasteiger partial charge in [-0.2, -0.15) is 0 Å². The molecule has 1 aromatic carbocycles. The number of halogens is 1. The molecule has 3 rings (SSSR count). The van der Waals surface area contributed by atoms with Crippen molar-refractivity contribution in [1.82, 2.24) is 10.6 Å². The highest BCUT2D eigenvalue weighted by Gasteiger charge is 2.31. The highest BCUT2D eigenvalue weighted by atomic mass is 35.5. The lowest BCUT2D eigenvalue weighted by atomic mass is 9.97. The average molecular weight is 423 g/mol. The molecule has 0 aromatic heterocycles. The molecule has 1 aromatic rings. The van der Waals surface area contributed by atoms with Gasteiger partial charge in [-0.25, -0.2) is 0 Å². The Hall–Kier alpha value is -1.93. The predicted molar refractivity (Wildman–Crippen MR) is 108 cm³/mol. The van der Waals surface area contributed by atoms with Crippen molar-refractivity contribution in [3.8, 4) is 0 Å². The van der Waals surface area contributed by atoms with Crippen LogP contribution in [0.5, 0.6) is 0 Å². The van der Waals surface area contributed by atoms with Gasteiger partial charge in [0.15, 0.2) is 0 Å². The standard InChI is InChI=1S/C21H27ClN2O5/c22-17-4-2-1-3-15(17)12-23-20(26)11-16-5-6-18(19(13-25)29-16)24-21(27)14-7-9-28-10-8-14/h1-6,14,16,18-19,25H,7-13H2,(H,23,26)(H,24,27)/t16-,18-,19-/m1/s1. The molecule has 0 unspecified atom stereocenters. The molecule has 0 aliphatic carbocycles. The first-order valence-corrected chi connectivity index (χ1v) is 10.3. The Labute approximate surface area is 175 Å². The van der Waals surface area contributed by atoms with Crippen molar-refractivity contribution in [3.05, 3.63) is 47.0 Å². The zero-order valence-electron chi connectivity index (χ0n) is 16.2. The Balaban J connectivity index is 1.49. The SMILES string of the molecule is O=C(C[C@H]1C=C[C@@H](NC(=O)C2CCOCC2)[C@@H](CO)O1)NCc1ccccc1Cl. The van der Waals surface area contributed by atoms with Crippen LogP contribution in [0, 0.1) is 5.92 Å². The molecule has 8 heteroatoms. The first kappa shape index (κ1) is 21.8. The lowest BCUT2D eigenvalue weighted by Gasteiger charge is -2.33. The molecule has 29 heavy (non-hydrogen) atoms. The van der Waals surface area contributed by atoms with E-state index in [4.69, 9.17) is 21.1 Å². The fourth-order valence-electron chi connectivity index (χ4n) is 3.47. The smallest absolute Gasteiger partial charge is 0.223 e. The maximum atomic E-state index is 12.4. The topological polar surface area (TPSA) is 96.9 Å². The number of aliphatic hydroxyl groups excluding tert-OH is 1. The molecule has 1 fully saturated rings. The molecular weight excluding hydrogens is 396 g/mol. The van der Waals surface area contributed by atoms with Crippen LogP contribution in [-0.4, -0.2) is 55.0 Å². The molecule has 2 amide bonds. The van der Waals surface area contributed by atoms with E-state index in [1.165, 1.54) is 0 Å². The van der Waals surface area contributed by atoms with E-state index in [9.17, 15) is 14.7 Å². The molecule has 3 atom stereocenters. The minimum Gasteiger partial charge on any atom is -0.394 e. The van der Waals surface area contributed by atoms with Gasteiger partial charge in [-0.1, -0.05) is 42.0 Å². The van der Waals surface area contributed by atoms with Gasteiger partial charge in [-0.15, -0.1) is 0 Å². The van der Waals surface area contributed by atoms with Crippen molar-refractivity contribution in [2.45, 2.75) is 44.1 Å². The van der Waals surface area contributed by atoms with E-state index in [2.05, 4.69) is 10.6 Å². The van der Waals surface area contributed by atoms with Crippen LogP contribution in [0.15, 0.2) is 36.4 Å². The van der Waals surface area contributed by atoms with Gasteiger partial charge in [0.2, 0.25) is 11.8 Å². The van der Waals surface area contributed by atoms with Crippen molar-refractivity contribution < 1.29 is 24.2 Å². The van der Waals surface area contributed by atoms with Crippen molar-refractivity contribution >= 4 is 23.4 Å². The van der Waals surface area contributed by atoms with Gasteiger partial charge in [-0.3, -0.25) is 9.59 Å². The maximum absolute atomic E-state index is 12.4. The van der Waals surface area contributed by atoms with Crippen molar-refractivity contribution in [3.63, 3.8) is 0 Å². The summed E-state index contributed by atoms with van der Waals surface area (Å²) in [5, 5.41) is 16.0. The fraction of sp³-hybridized carbons (Fsp3) is 0.524. The lowest BCUT2D eigenvalue weighted by Crippen LogP contribution is -2.50. The number of aliphatic hydroxyl groups is 1. The monoisotopic (exact) mass is 422 g/mol. The van der Waals surface area contributed by atoms with E-state index in [0.717, 1.165) is 5.56 Å². The number of carbonyl (C=O) groups excluding carboxylic acids is 2. The summed E-state index contributed by atoms with van der Waals surface area (Å²) in [4.78, 5) is 24.7. The second-order valence-corrected chi connectivity index (χ2v) is 7.68. The van der Waals surface area contributed by atoms with Gasteiger partial charge in [0, 0.05) is 30.7 Å². The van der Waals surface area contributed by atoms with Gasteiger partial charge in [0.05, 0.1) is 25.2 Å². The predicted octanol–water partition coefficient (Wildman–Crippen LogP) is 1.57. The van der Waals surface area contributed by atoms with Gasteiger partial charge in [0.25, 0.3) is 0 Å². The van der Waals surface area contributed by atoms with E-state index < -0.39 is 18.2 Å². The molecule has 158 valence electrons. The van der Waals surface area contributed by atoms with Crippen LogP contribution < -0.4 is 10.6 Å². The van der Waals surface area contributed by atoms with E-state index in [0.29, 0.717) is 37.6 Å². The first-order valence-electron chi connectivity index (χ1n) is 9.89. The number of hydrogen-bond donors (Lipinski definition) is 3. The molecule has 7 nitrogen and oxygen atoms in total.